The molecule has 0 aliphatic heterocycles. The zero-order chi connectivity index (χ0) is 14.6. The maximum absolute atomic E-state index is 12.5. The van der Waals surface area contributed by atoms with E-state index in [1.54, 1.807) is 12.1 Å². The summed E-state index contributed by atoms with van der Waals surface area (Å²) < 4.78 is 37.5. The first-order valence-corrected chi connectivity index (χ1v) is 8.06. The quantitative estimate of drug-likeness (QED) is 0.583. The Morgan fingerprint density at radius 1 is 1.10 bits per heavy atom. The van der Waals surface area contributed by atoms with Crippen LogP contribution in [0, 0.1) is 5.92 Å². The molecule has 0 radical (unpaired) electrons. The Kier molecular flexibility index (Phi) is 5.30. The molecule has 0 nitrogen and oxygen atoms in total. The van der Waals surface area contributed by atoms with Gasteiger partial charge in [-0.25, -0.2) is 0 Å². The van der Waals surface area contributed by atoms with Crippen LogP contribution in [0.1, 0.15) is 43.2 Å². The minimum atomic E-state index is -4.26. The summed E-state index contributed by atoms with van der Waals surface area (Å²) in [5.74, 6) is 0.574. The molecular weight excluding hydrogens is 329 g/mol. The first-order valence-electron chi connectivity index (χ1n) is 6.94. The van der Waals surface area contributed by atoms with E-state index < -0.39 is 11.7 Å². The van der Waals surface area contributed by atoms with Crippen LogP contribution in [0.25, 0.3) is 6.08 Å². The van der Waals surface area contributed by atoms with Crippen molar-refractivity contribution in [2.45, 2.75) is 38.3 Å². The van der Waals surface area contributed by atoms with Crippen LogP contribution in [-0.2, 0) is 6.18 Å². The summed E-state index contributed by atoms with van der Waals surface area (Å²) in [6, 6.07) is 5.40. The number of rotatable bonds is 3. The van der Waals surface area contributed by atoms with E-state index in [2.05, 4.69) is 15.9 Å². The highest BCUT2D eigenvalue weighted by Crippen LogP contribution is 2.33. The molecular formula is C16H18BrF3. The minimum absolute atomic E-state index is 0.574. The van der Waals surface area contributed by atoms with Gasteiger partial charge >= 0.3 is 6.18 Å². The standard InChI is InChI=1S/C16H18BrF3/c17-11-14(13-4-2-1-3-5-13)10-12-6-8-15(9-7-12)16(18,19)20/h6-10,13H,1-5,11H2/b14-10-. The normalized spacial score (nSPS) is 18.3. The van der Waals surface area contributed by atoms with Gasteiger partial charge in [-0.15, -0.1) is 0 Å². The fraction of sp³-hybridized carbons (Fsp3) is 0.500. The third kappa shape index (κ3) is 4.11. The van der Waals surface area contributed by atoms with Gasteiger partial charge in [-0.1, -0.05) is 59.0 Å². The van der Waals surface area contributed by atoms with E-state index in [1.165, 1.54) is 37.7 Å². The van der Waals surface area contributed by atoms with Crippen LogP contribution in [0.3, 0.4) is 0 Å². The molecule has 4 heteroatoms. The number of halogens is 4. The number of allylic oxidation sites excluding steroid dienone is 1. The largest absolute Gasteiger partial charge is 0.416 e. The average Bonchev–Trinajstić information content (AvgIpc) is 2.45. The van der Waals surface area contributed by atoms with Crippen molar-refractivity contribution in [3.8, 4) is 0 Å². The van der Waals surface area contributed by atoms with Gasteiger partial charge in [-0.2, -0.15) is 13.2 Å². The summed E-state index contributed by atoms with van der Waals surface area (Å²) in [5, 5.41) is 0.790. The third-order valence-electron chi connectivity index (χ3n) is 3.87. The number of benzene rings is 1. The van der Waals surface area contributed by atoms with E-state index in [9.17, 15) is 13.2 Å². The second-order valence-corrected chi connectivity index (χ2v) is 5.87. The van der Waals surface area contributed by atoms with Crippen molar-refractivity contribution in [3.05, 3.63) is 41.0 Å². The van der Waals surface area contributed by atoms with Crippen LogP contribution in [-0.4, -0.2) is 5.33 Å². The fourth-order valence-electron chi connectivity index (χ4n) is 2.72. The van der Waals surface area contributed by atoms with Gasteiger partial charge in [0.2, 0.25) is 0 Å². The van der Waals surface area contributed by atoms with Crippen LogP contribution in [0.15, 0.2) is 29.8 Å². The molecule has 1 saturated carbocycles. The summed E-state index contributed by atoms with van der Waals surface area (Å²) in [5.41, 5.74) is 1.55. The van der Waals surface area contributed by atoms with Crippen LogP contribution in [0.4, 0.5) is 13.2 Å². The van der Waals surface area contributed by atoms with E-state index in [4.69, 9.17) is 0 Å². The molecule has 2 rings (SSSR count). The molecule has 1 aliphatic carbocycles. The monoisotopic (exact) mass is 346 g/mol. The predicted molar refractivity (Wildman–Crippen MR) is 79.8 cm³/mol. The summed E-state index contributed by atoms with van der Waals surface area (Å²) in [6.45, 7) is 0. The van der Waals surface area contributed by atoms with Gasteiger partial charge in [0, 0.05) is 5.33 Å². The second-order valence-electron chi connectivity index (χ2n) is 5.31. The van der Waals surface area contributed by atoms with Gasteiger partial charge in [0.15, 0.2) is 0 Å². The molecule has 110 valence electrons. The Hall–Kier alpha value is -0.770. The minimum Gasteiger partial charge on any atom is -0.166 e. The van der Waals surface area contributed by atoms with Gasteiger partial charge in [-0.3, -0.25) is 0 Å². The Bertz CT molecular complexity index is 454. The fourth-order valence-corrected chi connectivity index (χ4v) is 3.34. The summed E-state index contributed by atoms with van der Waals surface area (Å²) >= 11 is 3.51. The molecule has 1 aromatic carbocycles. The van der Waals surface area contributed by atoms with Crippen molar-refractivity contribution < 1.29 is 13.2 Å². The molecule has 0 amide bonds. The average molecular weight is 347 g/mol. The van der Waals surface area contributed by atoms with Crippen LogP contribution >= 0.6 is 15.9 Å². The summed E-state index contributed by atoms with van der Waals surface area (Å²) in [4.78, 5) is 0. The van der Waals surface area contributed by atoms with E-state index in [0.29, 0.717) is 5.92 Å². The van der Waals surface area contributed by atoms with Crippen molar-refractivity contribution in [3.63, 3.8) is 0 Å². The summed E-state index contributed by atoms with van der Waals surface area (Å²) in [7, 11) is 0. The maximum Gasteiger partial charge on any atom is 0.416 e. The Labute approximate surface area is 126 Å². The van der Waals surface area contributed by atoms with Crippen molar-refractivity contribution >= 4 is 22.0 Å². The topological polar surface area (TPSA) is 0 Å². The van der Waals surface area contributed by atoms with Gasteiger partial charge in [-0.05, 0) is 36.5 Å². The third-order valence-corrected chi connectivity index (χ3v) is 4.52. The molecule has 0 atom stereocenters. The zero-order valence-corrected chi connectivity index (χ0v) is 12.8. The van der Waals surface area contributed by atoms with E-state index in [0.717, 1.165) is 23.0 Å². The van der Waals surface area contributed by atoms with Crippen molar-refractivity contribution in [2.24, 2.45) is 5.92 Å². The highest BCUT2D eigenvalue weighted by atomic mass is 79.9. The van der Waals surface area contributed by atoms with Crippen LogP contribution in [0.5, 0.6) is 0 Å². The Balaban J connectivity index is 2.15. The molecule has 0 N–H and O–H groups in total. The lowest BCUT2D eigenvalue weighted by Crippen LogP contribution is -2.10. The molecule has 0 bridgehead atoms. The highest BCUT2D eigenvalue weighted by molar-refractivity contribution is 9.09. The predicted octanol–water partition coefficient (Wildman–Crippen LogP) is 6.06. The number of alkyl halides is 4. The van der Waals surface area contributed by atoms with Gasteiger partial charge < -0.3 is 0 Å². The van der Waals surface area contributed by atoms with Crippen molar-refractivity contribution in [2.75, 3.05) is 5.33 Å². The molecule has 20 heavy (non-hydrogen) atoms. The van der Waals surface area contributed by atoms with E-state index >= 15 is 0 Å². The Morgan fingerprint density at radius 3 is 2.20 bits per heavy atom. The van der Waals surface area contributed by atoms with E-state index in [1.807, 2.05) is 6.08 Å². The van der Waals surface area contributed by atoms with Crippen molar-refractivity contribution in [1.29, 1.82) is 0 Å². The zero-order valence-electron chi connectivity index (χ0n) is 11.2. The lowest BCUT2D eigenvalue weighted by molar-refractivity contribution is -0.137. The second kappa shape index (κ2) is 6.79. The number of hydrogen-bond donors (Lipinski definition) is 0. The molecule has 0 unspecified atom stereocenters. The van der Waals surface area contributed by atoms with Gasteiger partial charge in [0.25, 0.3) is 0 Å². The molecule has 0 spiro atoms. The summed E-state index contributed by atoms with van der Waals surface area (Å²) in [6.07, 6.45) is 3.96. The molecule has 0 heterocycles. The van der Waals surface area contributed by atoms with E-state index in [-0.39, 0.29) is 0 Å². The highest BCUT2D eigenvalue weighted by Gasteiger charge is 2.29. The first-order chi connectivity index (χ1) is 9.50. The van der Waals surface area contributed by atoms with Gasteiger partial charge in [0.1, 0.15) is 0 Å². The molecule has 1 aliphatic rings. The molecule has 0 aromatic heterocycles. The lowest BCUT2D eigenvalue weighted by atomic mass is 9.84. The lowest BCUT2D eigenvalue weighted by Gasteiger charge is -2.23. The van der Waals surface area contributed by atoms with Gasteiger partial charge in [0.05, 0.1) is 5.56 Å². The maximum atomic E-state index is 12.5. The first kappa shape index (κ1) is 15.6. The molecule has 1 fully saturated rings. The molecule has 1 aromatic rings. The SMILES string of the molecule is FC(F)(F)c1ccc(/C=C(/CBr)C2CCCCC2)cc1. The molecule has 0 saturated heterocycles. The van der Waals surface area contributed by atoms with Crippen LogP contribution in [0.2, 0.25) is 0 Å². The smallest absolute Gasteiger partial charge is 0.166 e. The Morgan fingerprint density at radius 2 is 1.70 bits per heavy atom. The van der Waals surface area contributed by atoms with Crippen LogP contribution < -0.4 is 0 Å². The number of hydrogen-bond acceptors (Lipinski definition) is 0. The van der Waals surface area contributed by atoms with Crippen molar-refractivity contribution in [1.82, 2.24) is 0 Å².